The van der Waals surface area contributed by atoms with Crippen LogP contribution in [-0.4, -0.2) is 27.8 Å². The SMILES string of the molecule is Cc1cccc(CN(C)C(=O)c2ccc(N)cn2)n1. The number of hydrogen-bond acceptors (Lipinski definition) is 4. The Morgan fingerprint density at radius 3 is 2.74 bits per heavy atom. The molecule has 2 N–H and O–H groups in total. The highest BCUT2D eigenvalue weighted by molar-refractivity contribution is 5.92. The first-order valence-corrected chi connectivity index (χ1v) is 5.96. The Morgan fingerprint density at radius 1 is 1.32 bits per heavy atom. The first-order chi connectivity index (χ1) is 9.06. The zero-order chi connectivity index (χ0) is 13.8. The minimum atomic E-state index is -0.150. The molecule has 0 saturated heterocycles. The molecule has 0 unspecified atom stereocenters. The lowest BCUT2D eigenvalue weighted by molar-refractivity contribution is 0.0777. The third-order valence-corrected chi connectivity index (χ3v) is 2.70. The molecule has 0 saturated carbocycles. The fourth-order valence-electron chi connectivity index (χ4n) is 1.73. The lowest BCUT2D eigenvalue weighted by Crippen LogP contribution is -2.27. The zero-order valence-electron chi connectivity index (χ0n) is 11.0. The Kier molecular flexibility index (Phi) is 3.75. The number of rotatable bonds is 3. The monoisotopic (exact) mass is 256 g/mol. The van der Waals surface area contributed by atoms with E-state index in [4.69, 9.17) is 5.73 Å². The summed E-state index contributed by atoms with van der Waals surface area (Å²) in [5.74, 6) is -0.150. The molecule has 0 aliphatic rings. The number of nitrogens with zero attached hydrogens (tertiary/aromatic N) is 3. The fraction of sp³-hybridized carbons (Fsp3) is 0.214. The molecular formula is C14H16N4O. The van der Waals surface area contributed by atoms with Gasteiger partial charge >= 0.3 is 0 Å². The molecule has 5 heteroatoms. The van der Waals surface area contributed by atoms with Crippen LogP contribution in [0.5, 0.6) is 0 Å². The molecular weight excluding hydrogens is 240 g/mol. The van der Waals surface area contributed by atoms with Crippen molar-refractivity contribution >= 4 is 11.6 Å². The molecule has 19 heavy (non-hydrogen) atoms. The van der Waals surface area contributed by atoms with Crippen LogP contribution >= 0.6 is 0 Å². The minimum absolute atomic E-state index is 0.150. The van der Waals surface area contributed by atoms with E-state index < -0.39 is 0 Å². The number of anilines is 1. The van der Waals surface area contributed by atoms with Crippen molar-refractivity contribution in [3.63, 3.8) is 0 Å². The molecule has 2 rings (SSSR count). The van der Waals surface area contributed by atoms with E-state index in [0.29, 0.717) is 17.9 Å². The molecule has 0 bridgehead atoms. The van der Waals surface area contributed by atoms with Crippen molar-refractivity contribution in [2.75, 3.05) is 12.8 Å². The number of amides is 1. The molecule has 0 spiro atoms. The Hall–Kier alpha value is -2.43. The summed E-state index contributed by atoms with van der Waals surface area (Å²) in [7, 11) is 1.73. The summed E-state index contributed by atoms with van der Waals surface area (Å²) in [6, 6.07) is 9.04. The Labute approximate surface area is 112 Å². The summed E-state index contributed by atoms with van der Waals surface area (Å²) >= 11 is 0. The van der Waals surface area contributed by atoms with Gasteiger partial charge in [-0.2, -0.15) is 0 Å². The Balaban J connectivity index is 2.09. The van der Waals surface area contributed by atoms with Crippen molar-refractivity contribution in [3.05, 3.63) is 53.6 Å². The van der Waals surface area contributed by atoms with Crippen LogP contribution in [0.15, 0.2) is 36.5 Å². The van der Waals surface area contributed by atoms with E-state index in [1.807, 2.05) is 25.1 Å². The maximum atomic E-state index is 12.1. The standard InChI is InChI=1S/C14H16N4O/c1-10-4-3-5-12(17-10)9-18(2)14(19)13-7-6-11(15)8-16-13/h3-8H,9,15H2,1-2H3. The van der Waals surface area contributed by atoms with Gasteiger partial charge in [0.2, 0.25) is 0 Å². The molecule has 0 radical (unpaired) electrons. The summed E-state index contributed by atoms with van der Waals surface area (Å²) in [5.41, 5.74) is 8.25. The highest BCUT2D eigenvalue weighted by atomic mass is 16.2. The van der Waals surface area contributed by atoms with Gasteiger partial charge in [-0.3, -0.25) is 9.78 Å². The molecule has 0 atom stereocenters. The zero-order valence-corrected chi connectivity index (χ0v) is 11.0. The molecule has 98 valence electrons. The summed E-state index contributed by atoms with van der Waals surface area (Å²) in [6.07, 6.45) is 1.48. The van der Waals surface area contributed by atoms with Crippen LogP contribution in [0.1, 0.15) is 21.9 Å². The second-order valence-electron chi connectivity index (χ2n) is 4.41. The van der Waals surface area contributed by atoms with E-state index in [9.17, 15) is 4.79 Å². The molecule has 5 nitrogen and oxygen atoms in total. The molecule has 2 aromatic rings. The highest BCUT2D eigenvalue weighted by Crippen LogP contribution is 2.07. The summed E-state index contributed by atoms with van der Waals surface area (Å²) in [5, 5.41) is 0. The number of hydrogen-bond donors (Lipinski definition) is 1. The Bertz CT molecular complexity index is 580. The van der Waals surface area contributed by atoms with E-state index in [0.717, 1.165) is 11.4 Å². The number of pyridine rings is 2. The minimum Gasteiger partial charge on any atom is -0.397 e. The smallest absolute Gasteiger partial charge is 0.272 e. The number of aryl methyl sites for hydroxylation is 1. The fourth-order valence-corrected chi connectivity index (χ4v) is 1.73. The predicted molar refractivity (Wildman–Crippen MR) is 73.4 cm³/mol. The topological polar surface area (TPSA) is 72.1 Å². The highest BCUT2D eigenvalue weighted by Gasteiger charge is 2.13. The lowest BCUT2D eigenvalue weighted by atomic mass is 10.2. The van der Waals surface area contributed by atoms with Gasteiger partial charge < -0.3 is 10.6 Å². The predicted octanol–water partition coefficient (Wildman–Crippen LogP) is 1.64. The summed E-state index contributed by atoms with van der Waals surface area (Å²) in [4.78, 5) is 22.1. The summed E-state index contributed by atoms with van der Waals surface area (Å²) < 4.78 is 0. The van der Waals surface area contributed by atoms with Gasteiger partial charge in [0.05, 0.1) is 24.1 Å². The van der Waals surface area contributed by atoms with Crippen molar-refractivity contribution in [3.8, 4) is 0 Å². The van der Waals surface area contributed by atoms with Gasteiger partial charge in [-0.25, -0.2) is 4.98 Å². The van der Waals surface area contributed by atoms with Crippen LogP contribution < -0.4 is 5.73 Å². The largest absolute Gasteiger partial charge is 0.397 e. The van der Waals surface area contributed by atoms with Crippen LogP contribution in [0.25, 0.3) is 0 Å². The Morgan fingerprint density at radius 2 is 2.11 bits per heavy atom. The van der Waals surface area contributed by atoms with E-state index in [2.05, 4.69) is 9.97 Å². The van der Waals surface area contributed by atoms with Crippen molar-refractivity contribution < 1.29 is 4.79 Å². The molecule has 2 aromatic heterocycles. The van der Waals surface area contributed by atoms with E-state index in [-0.39, 0.29) is 5.91 Å². The van der Waals surface area contributed by atoms with Crippen LogP contribution in [0.2, 0.25) is 0 Å². The third-order valence-electron chi connectivity index (χ3n) is 2.70. The first kappa shape index (κ1) is 13.0. The van der Waals surface area contributed by atoms with E-state index in [1.165, 1.54) is 6.20 Å². The van der Waals surface area contributed by atoms with Gasteiger partial charge in [0, 0.05) is 12.7 Å². The van der Waals surface area contributed by atoms with E-state index in [1.54, 1.807) is 24.1 Å². The molecule has 2 heterocycles. The van der Waals surface area contributed by atoms with Gasteiger partial charge in [0.15, 0.2) is 0 Å². The average Bonchev–Trinajstić information content (AvgIpc) is 2.39. The van der Waals surface area contributed by atoms with Gasteiger partial charge in [-0.05, 0) is 31.2 Å². The second kappa shape index (κ2) is 5.48. The normalized spacial score (nSPS) is 10.2. The maximum absolute atomic E-state index is 12.1. The molecule has 0 aliphatic carbocycles. The van der Waals surface area contributed by atoms with Gasteiger partial charge in [-0.15, -0.1) is 0 Å². The number of carbonyl (C=O) groups is 1. The first-order valence-electron chi connectivity index (χ1n) is 5.96. The van der Waals surface area contributed by atoms with Crippen LogP contribution in [0, 0.1) is 6.92 Å². The van der Waals surface area contributed by atoms with Crippen LogP contribution in [-0.2, 0) is 6.54 Å². The van der Waals surface area contributed by atoms with Gasteiger partial charge in [0.1, 0.15) is 5.69 Å². The molecule has 0 fully saturated rings. The molecule has 0 aromatic carbocycles. The number of carbonyl (C=O) groups excluding carboxylic acids is 1. The lowest BCUT2D eigenvalue weighted by Gasteiger charge is -2.16. The van der Waals surface area contributed by atoms with Crippen LogP contribution in [0.3, 0.4) is 0 Å². The third kappa shape index (κ3) is 3.28. The van der Waals surface area contributed by atoms with Gasteiger partial charge in [-0.1, -0.05) is 6.07 Å². The van der Waals surface area contributed by atoms with Crippen molar-refractivity contribution in [2.45, 2.75) is 13.5 Å². The van der Waals surface area contributed by atoms with Crippen molar-refractivity contribution in [1.29, 1.82) is 0 Å². The van der Waals surface area contributed by atoms with E-state index >= 15 is 0 Å². The molecule has 0 aliphatic heterocycles. The number of nitrogens with two attached hydrogens (primary N) is 1. The van der Waals surface area contributed by atoms with Crippen molar-refractivity contribution in [1.82, 2.24) is 14.9 Å². The maximum Gasteiger partial charge on any atom is 0.272 e. The molecule has 1 amide bonds. The quantitative estimate of drug-likeness (QED) is 0.906. The average molecular weight is 256 g/mol. The van der Waals surface area contributed by atoms with Gasteiger partial charge in [0.25, 0.3) is 5.91 Å². The summed E-state index contributed by atoms with van der Waals surface area (Å²) in [6.45, 7) is 2.37. The number of aromatic nitrogens is 2. The van der Waals surface area contributed by atoms with Crippen molar-refractivity contribution in [2.24, 2.45) is 0 Å². The second-order valence-corrected chi connectivity index (χ2v) is 4.41. The van der Waals surface area contributed by atoms with Crippen LogP contribution in [0.4, 0.5) is 5.69 Å². The number of nitrogen functional groups attached to an aromatic ring is 1.